The molecule has 0 atom stereocenters. The number of hydrogen-bond acceptors (Lipinski definition) is 2. The lowest BCUT2D eigenvalue weighted by Gasteiger charge is -2.04. The van der Waals surface area contributed by atoms with Crippen LogP contribution < -0.4 is 5.32 Å². The Morgan fingerprint density at radius 2 is 1.68 bits per heavy atom. The van der Waals surface area contributed by atoms with Crippen molar-refractivity contribution in [2.75, 3.05) is 5.32 Å². The molecule has 2 rings (SSSR count). The first-order chi connectivity index (χ1) is 10.5. The molecule has 0 aromatic heterocycles. The van der Waals surface area contributed by atoms with Gasteiger partial charge < -0.3 is 5.32 Å². The summed E-state index contributed by atoms with van der Waals surface area (Å²) in [5, 5.41) is 11.3. The highest BCUT2D eigenvalue weighted by molar-refractivity contribution is 6.09. The standard InChI is InChI=1S/C16H9F3N2O/c17-12-1-4-14(5-2-12)21-16(22)11(9-20)7-10-8-13(18)3-6-15(10)19/h1-8H,(H,21,22)/b11-7+. The van der Waals surface area contributed by atoms with Gasteiger partial charge in [-0.25, -0.2) is 13.2 Å². The van der Waals surface area contributed by atoms with Crippen molar-refractivity contribution < 1.29 is 18.0 Å². The van der Waals surface area contributed by atoms with Crippen molar-refractivity contribution in [3.05, 3.63) is 71.1 Å². The molecule has 0 aliphatic rings. The molecule has 0 bridgehead atoms. The summed E-state index contributed by atoms with van der Waals surface area (Å²) in [5.41, 5.74) is -0.355. The van der Waals surface area contributed by atoms with Gasteiger partial charge in [0.05, 0.1) is 0 Å². The summed E-state index contributed by atoms with van der Waals surface area (Å²) in [6, 6.07) is 9.21. The minimum absolute atomic E-state index is 0.217. The lowest BCUT2D eigenvalue weighted by molar-refractivity contribution is -0.112. The summed E-state index contributed by atoms with van der Waals surface area (Å²) in [4.78, 5) is 11.9. The molecule has 0 saturated carbocycles. The molecule has 110 valence electrons. The number of nitrogens with one attached hydrogen (secondary N) is 1. The van der Waals surface area contributed by atoms with Crippen LogP contribution in [0, 0.1) is 28.8 Å². The number of carbonyl (C=O) groups excluding carboxylic acids is 1. The second kappa shape index (κ2) is 6.59. The average molecular weight is 302 g/mol. The average Bonchev–Trinajstić information content (AvgIpc) is 2.50. The Labute approximate surface area is 124 Å². The second-order valence-electron chi connectivity index (χ2n) is 4.30. The van der Waals surface area contributed by atoms with E-state index in [0.717, 1.165) is 36.4 Å². The fourth-order valence-corrected chi connectivity index (χ4v) is 1.66. The summed E-state index contributed by atoms with van der Waals surface area (Å²) in [6.07, 6.45) is 0.942. The predicted molar refractivity (Wildman–Crippen MR) is 75.0 cm³/mol. The van der Waals surface area contributed by atoms with E-state index in [1.54, 1.807) is 6.07 Å². The van der Waals surface area contributed by atoms with Gasteiger partial charge in [0.1, 0.15) is 29.1 Å². The molecule has 2 aromatic carbocycles. The van der Waals surface area contributed by atoms with Crippen LogP contribution in [0.4, 0.5) is 18.9 Å². The Balaban J connectivity index is 2.25. The molecule has 0 heterocycles. The van der Waals surface area contributed by atoms with Gasteiger partial charge in [0.25, 0.3) is 5.91 Å². The highest BCUT2D eigenvalue weighted by Gasteiger charge is 2.11. The lowest BCUT2D eigenvalue weighted by Crippen LogP contribution is -2.13. The third-order valence-corrected chi connectivity index (χ3v) is 2.73. The normalized spacial score (nSPS) is 10.9. The first-order valence-corrected chi connectivity index (χ1v) is 6.13. The topological polar surface area (TPSA) is 52.9 Å². The molecule has 6 heteroatoms. The molecule has 0 aliphatic heterocycles. The smallest absolute Gasteiger partial charge is 0.266 e. The second-order valence-corrected chi connectivity index (χ2v) is 4.30. The molecule has 2 aromatic rings. The van der Waals surface area contributed by atoms with Gasteiger partial charge in [-0.2, -0.15) is 5.26 Å². The van der Waals surface area contributed by atoms with Crippen LogP contribution in [-0.4, -0.2) is 5.91 Å². The van der Waals surface area contributed by atoms with Crippen molar-refractivity contribution in [1.82, 2.24) is 0 Å². The van der Waals surface area contributed by atoms with E-state index in [1.165, 1.54) is 12.1 Å². The van der Waals surface area contributed by atoms with E-state index >= 15 is 0 Å². The lowest BCUT2D eigenvalue weighted by atomic mass is 10.1. The largest absolute Gasteiger partial charge is 0.321 e. The van der Waals surface area contributed by atoms with Crippen LogP contribution in [0.2, 0.25) is 0 Å². The number of nitrogens with zero attached hydrogens (tertiary/aromatic N) is 1. The van der Waals surface area contributed by atoms with E-state index in [4.69, 9.17) is 5.26 Å². The van der Waals surface area contributed by atoms with Gasteiger partial charge in [0.2, 0.25) is 0 Å². The molecular formula is C16H9F3N2O. The third kappa shape index (κ3) is 3.73. The van der Waals surface area contributed by atoms with Crippen molar-refractivity contribution in [1.29, 1.82) is 5.26 Å². The minimum Gasteiger partial charge on any atom is -0.321 e. The Morgan fingerprint density at radius 3 is 2.32 bits per heavy atom. The Bertz CT molecular complexity index is 777. The van der Waals surface area contributed by atoms with E-state index in [9.17, 15) is 18.0 Å². The van der Waals surface area contributed by atoms with Crippen LogP contribution in [-0.2, 0) is 4.79 Å². The predicted octanol–water partition coefficient (Wildman–Crippen LogP) is 3.65. The van der Waals surface area contributed by atoms with Gasteiger partial charge >= 0.3 is 0 Å². The number of halogens is 3. The van der Waals surface area contributed by atoms with Crippen molar-refractivity contribution in [2.45, 2.75) is 0 Å². The van der Waals surface area contributed by atoms with Gasteiger partial charge in [-0.3, -0.25) is 4.79 Å². The first-order valence-electron chi connectivity index (χ1n) is 6.13. The van der Waals surface area contributed by atoms with E-state index < -0.39 is 28.9 Å². The highest BCUT2D eigenvalue weighted by atomic mass is 19.1. The van der Waals surface area contributed by atoms with Gasteiger partial charge in [0, 0.05) is 11.3 Å². The molecule has 0 unspecified atom stereocenters. The van der Waals surface area contributed by atoms with E-state index in [1.807, 2.05) is 0 Å². The highest BCUT2D eigenvalue weighted by Crippen LogP contribution is 2.15. The molecule has 0 radical (unpaired) electrons. The maximum atomic E-state index is 13.5. The number of benzene rings is 2. The monoisotopic (exact) mass is 302 g/mol. The van der Waals surface area contributed by atoms with Crippen LogP contribution in [0.3, 0.4) is 0 Å². The fraction of sp³-hybridized carbons (Fsp3) is 0. The number of nitriles is 1. The van der Waals surface area contributed by atoms with Crippen molar-refractivity contribution >= 4 is 17.7 Å². The van der Waals surface area contributed by atoms with Crippen molar-refractivity contribution in [3.8, 4) is 6.07 Å². The van der Waals surface area contributed by atoms with Gasteiger partial charge in [-0.15, -0.1) is 0 Å². The Kier molecular flexibility index (Phi) is 4.59. The van der Waals surface area contributed by atoms with Gasteiger partial charge in [-0.1, -0.05) is 0 Å². The van der Waals surface area contributed by atoms with Crippen LogP contribution in [0.5, 0.6) is 0 Å². The number of rotatable bonds is 3. The molecule has 22 heavy (non-hydrogen) atoms. The van der Waals surface area contributed by atoms with Gasteiger partial charge in [0.15, 0.2) is 0 Å². The van der Waals surface area contributed by atoms with Crippen LogP contribution in [0.25, 0.3) is 6.08 Å². The SMILES string of the molecule is N#C/C(=C\c1cc(F)ccc1F)C(=O)Nc1ccc(F)cc1. The molecule has 1 amide bonds. The minimum atomic E-state index is -0.808. The quantitative estimate of drug-likeness (QED) is 0.695. The van der Waals surface area contributed by atoms with Gasteiger partial charge in [-0.05, 0) is 48.5 Å². The summed E-state index contributed by atoms with van der Waals surface area (Å²) in [6.45, 7) is 0. The summed E-state index contributed by atoms with van der Waals surface area (Å²) < 4.78 is 39.3. The molecule has 1 N–H and O–H groups in total. The fourth-order valence-electron chi connectivity index (χ4n) is 1.66. The number of anilines is 1. The molecule has 0 saturated heterocycles. The van der Waals surface area contributed by atoms with E-state index in [2.05, 4.69) is 5.32 Å². The molecule has 3 nitrogen and oxygen atoms in total. The first kappa shape index (κ1) is 15.3. The Morgan fingerprint density at radius 1 is 1.05 bits per heavy atom. The number of hydrogen-bond donors (Lipinski definition) is 1. The zero-order valence-electron chi connectivity index (χ0n) is 11.1. The molecule has 0 spiro atoms. The van der Waals surface area contributed by atoms with Crippen LogP contribution in [0.15, 0.2) is 48.0 Å². The third-order valence-electron chi connectivity index (χ3n) is 2.73. The molecule has 0 aliphatic carbocycles. The van der Waals surface area contributed by atoms with Crippen molar-refractivity contribution in [2.24, 2.45) is 0 Å². The summed E-state index contributed by atoms with van der Waals surface area (Å²) in [7, 11) is 0. The van der Waals surface area contributed by atoms with Crippen LogP contribution in [0.1, 0.15) is 5.56 Å². The van der Waals surface area contributed by atoms with E-state index in [-0.39, 0.29) is 11.3 Å². The number of amides is 1. The van der Waals surface area contributed by atoms with Crippen LogP contribution >= 0.6 is 0 Å². The zero-order chi connectivity index (χ0) is 16.1. The van der Waals surface area contributed by atoms with E-state index in [0.29, 0.717) is 0 Å². The maximum absolute atomic E-state index is 13.5. The Hall–Kier alpha value is -3.07. The molecule has 0 fully saturated rings. The van der Waals surface area contributed by atoms with Crippen molar-refractivity contribution in [3.63, 3.8) is 0 Å². The zero-order valence-corrected chi connectivity index (χ0v) is 11.1. The number of carbonyl (C=O) groups is 1. The summed E-state index contributed by atoms with van der Waals surface area (Å²) in [5.74, 6) is -2.73. The maximum Gasteiger partial charge on any atom is 0.266 e. The summed E-state index contributed by atoms with van der Waals surface area (Å²) >= 11 is 0. The molecular weight excluding hydrogens is 293 g/mol.